The number of rotatable bonds is 0. The lowest BCUT2D eigenvalue weighted by atomic mass is 9.87. The average molecular weight is 245 g/mol. The molecule has 0 bridgehead atoms. The molecule has 16 heavy (non-hydrogen) atoms. The Balaban J connectivity index is 2.69. The van der Waals surface area contributed by atoms with E-state index in [0.29, 0.717) is 0 Å². The molecule has 1 amide bonds. The zero-order valence-corrected chi connectivity index (χ0v) is 12.0. The molecule has 0 radical (unpaired) electrons. The van der Waals surface area contributed by atoms with Crippen molar-refractivity contribution < 1.29 is 9.53 Å². The highest BCUT2D eigenvalue weighted by molar-refractivity contribution is 7.99. The molecule has 4 heteroatoms. The third-order valence-corrected chi connectivity index (χ3v) is 3.52. The summed E-state index contributed by atoms with van der Waals surface area (Å²) in [6, 6.07) is 0.271. The summed E-state index contributed by atoms with van der Waals surface area (Å²) in [6.45, 7) is 12.2. The van der Waals surface area contributed by atoms with E-state index in [-0.39, 0.29) is 17.6 Å². The molecule has 94 valence electrons. The number of thioether (sulfide) groups is 1. The maximum Gasteiger partial charge on any atom is 0.411 e. The summed E-state index contributed by atoms with van der Waals surface area (Å²) in [5.74, 6) is 1.75. The van der Waals surface area contributed by atoms with Crippen LogP contribution in [-0.4, -0.2) is 34.3 Å². The second kappa shape index (κ2) is 4.47. The zero-order chi connectivity index (χ0) is 12.6. The summed E-state index contributed by atoms with van der Waals surface area (Å²) < 4.78 is 5.42. The van der Waals surface area contributed by atoms with Gasteiger partial charge in [-0.3, -0.25) is 4.90 Å². The molecule has 1 saturated heterocycles. The van der Waals surface area contributed by atoms with Gasteiger partial charge >= 0.3 is 6.09 Å². The molecule has 1 aliphatic rings. The SMILES string of the molecule is CC(C)(C)OC(=O)N1CSC[C@@H]1C(C)(C)C. The highest BCUT2D eigenvalue weighted by Crippen LogP contribution is 2.34. The second-order valence-corrected chi connectivity index (χ2v) is 7.33. The van der Waals surface area contributed by atoms with Gasteiger partial charge in [0.2, 0.25) is 0 Å². The number of carbonyl (C=O) groups is 1. The van der Waals surface area contributed by atoms with Gasteiger partial charge in [-0.25, -0.2) is 4.79 Å². The van der Waals surface area contributed by atoms with Gasteiger partial charge < -0.3 is 4.74 Å². The summed E-state index contributed by atoms with van der Waals surface area (Å²) >= 11 is 1.80. The minimum absolute atomic E-state index is 0.112. The largest absolute Gasteiger partial charge is 0.444 e. The van der Waals surface area contributed by atoms with Gasteiger partial charge in [0.25, 0.3) is 0 Å². The molecule has 3 nitrogen and oxygen atoms in total. The van der Waals surface area contributed by atoms with Crippen molar-refractivity contribution >= 4 is 17.9 Å². The van der Waals surface area contributed by atoms with Gasteiger partial charge in [-0.05, 0) is 26.2 Å². The van der Waals surface area contributed by atoms with Gasteiger partial charge in [0.1, 0.15) is 5.60 Å². The summed E-state index contributed by atoms with van der Waals surface area (Å²) in [7, 11) is 0. The second-order valence-electron chi connectivity index (χ2n) is 6.33. The van der Waals surface area contributed by atoms with E-state index >= 15 is 0 Å². The molecule has 1 rings (SSSR count). The minimum Gasteiger partial charge on any atom is -0.444 e. The van der Waals surface area contributed by atoms with E-state index in [2.05, 4.69) is 20.8 Å². The molecule has 0 spiro atoms. The van der Waals surface area contributed by atoms with Crippen LogP contribution in [0.15, 0.2) is 0 Å². The van der Waals surface area contributed by atoms with Gasteiger partial charge in [0, 0.05) is 11.8 Å². The summed E-state index contributed by atoms with van der Waals surface area (Å²) in [5.41, 5.74) is -0.298. The lowest BCUT2D eigenvalue weighted by Crippen LogP contribution is -2.46. The van der Waals surface area contributed by atoms with Crippen LogP contribution in [-0.2, 0) is 4.74 Å². The van der Waals surface area contributed by atoms with Crippen LogP contribution in [0.5, 0.6) is 0 Å². The Bertz CT molecular complexity index is 265. The van der Waals surface area contributed by atoms with Crippen molar-refractivity contribution in [1.29, 1.82) is 0 Å². The van der Waals surface area contributed by atoms with Gasteiger partial charge in [0.15, 0.2) is 0 Å². The fourth-order valence-corrected chi connectivity index (χ4v) is 3.15. The van der Waals surface area contributed by atoms with E-state index in [1.54, 1.807) is 11.8 Å². The van der Waals surface area contributed by atoms with Crippen molar-refractivity contribution in [3.8, 4) is 0 Å². The van der Waals surface area contributed by atoms with Crippen molar-refractivity contribution in [1.82, 2.24) is 4.90 Å². The lowest BCUT2D eigenvalue weighted by Gasteiger charge is -2.35. The zero-order valence-electron chi connectivity index (χ0n) is 11.2. The third-order valence-electron chi connectivity index (χ3n) is 2.51. The number of ether oxygens (including phenoxy) is 1. The highest BCUT2D eigenvalue weighted by atomic mass is 32.2. The van der Waals surface area contributed by atoms with E-state index in [1.807, 2.05) is 25.7 Å². The van der Waals surface area contributed by atoms with Gasteiger partial charge in [-0.15, -0.1) is 11.8 Å². The molecular weight excluding hydrogens is 222 g/mol. The molecule has 1 atom stereocenters. The lowest BCUT2D eigenvalue weighted by molar-refractivity contribution is 0.0140. The van der Waals surface area contributed by atoms with Crippen LogP contribution < -0.4 is 0 Å². The first kappa shape index (κ1) is 13.7. The van der Waals surface area contributed by atoms with Crippen molar-refractivity contribution in [2.75, 3.05) is 11.6 Å². The first-order chi connectivity index (χ1) is 7.11. The minimum atomic E-state index is -0.410. The average Bonchev–Trinajstić information content (AvgIpc) is 2.45. The standard InChI is InChI=1S/C12H23NO2S/c1-11(2,3)9-7-16-8-13(9)10(14)15-12(4,5)6/h9H,7-8H2,1-6H3/t9-/m1/s1. The summed E-state index contributed by atoms with van der Waals surface area (Å²) in [4.78, 5) is 13.9. The van der Waals surface area contributed by atoms with Gasteiger partial charge in [-0.1, -0.05) is 20.8 Å². The van der Waals surface area contributed by atoms with Gasteiger partial charge in [-0.2, -0.15) is 0 Å². The fourth-order valence-electron chi connectivity index (χ4n) is 1.66. The molecule has 1 aliphatic heterocycles. The van der Waals surface area contributed by atoms with Crippen molar-refractivity contribution in [2.24, 2.45) is 5.41 Å². The normalized spacial score (nSPS) is 22.4. The summed E-state index contributed by atoms with van der Waals surface area (Å²) in [5, 5.41) is 0. The van der Waals surface area contributed by atoms with Crippen molar-refractivity contribution in [3.05, 3.63) is 0 Å². The molecular formula is C12H23NO2S. The van der Waals surface area contributed by atoms with E-state index in [0.717, 1.165) is 11.6 Å². The number of amides is 1. The maximum atomic E-state index is 12.0. The van der Waals surface area contributed by atoms with Crippen LogP contribution >= 0.6 is 11.8 Å². The fraction of sp³-hybridized carbons (Fsp3) is 0.917. The Hall–Kier alpha value is -0.380. The molecule has 1 fully saturated rings. The Labute approximate surface area is 103 Å². The molecule has 0 aromatic carbocycles. The molecule has 0 aromatic rings. The smallest absolute Gasteiger partial charge is 0.411 e. The predicted octanol–water partition coefficient (Wildman–Crippen LogP) is 3.34. The van der Waals surface area contributed by atoms with Crippen LogP contribution in [0.3, 0.4) is 0 Å². The van der Waals surface area contributed by atoms with Gasteiger partial charge in [0.05, 0.1) is 5.88 Å². The van der Waals surface area contributed by atoms with Crippen LogP contribution in [0.4, 0.5) is 4.79 Å². The van der Waals surface area contributed by atoms with Crippen LogP contribution in [0, 0.1) is 5.41 Å². The molecule has 0 N–H and O–H groups in total. The van der Waals surface area contributed by atoms with Crippen molar-refractivity contribution in [3.63, 3.8) is 0 Å². The number of hydrogen-bond donors (Lipinski definition) is 0. The maximum absolute atomic E-state index is 12.0. The topological polar surface area (TPSA) is 29.5 Å². The Morgan fingerprint density at radius 3 is 2.25 bits per heavy atom. The number of nitrogens with zero attached hydrogens (tertiary/aromatic N) is 1. The number of carbonyl (C=O) groups excluding carboxylic acids is 1. The molecule has 0 aliphatic carbocycles. The molecule has 0 unspecified atom stereocenters. The van der Waals surface area contributed by atoms with Crippen LogP contribution in [0.25, 0.3) is 0 Å². The van der Waals surface area contributed by atoms with E-state index < -0.39 is 5.60 Å². The van der Waals surface area contributed by atoms with Crippen LogP contribution in [0.1, 0.15) is 41.5 Å². The van der Waals surface area contributed by atoms with Crippen molar-refractivity contribution in [2.45, 2.75) is 53.2 Å². The quantitative estimate of drug-likeness (QED) is 0.655. The van der Waals surface area contributed by atoms with E-state index in [9.17, 15) is 4.79 Å². The Morgan fingerprint density at radius 2 is 1.81 bits per heavy atom. The van der Waals surface area contributed by atoms with Crippen LogP contribution in [0.2, 0.25) is 0 Å². The van der Waals surface area contributed by atoms with E-state index in [1.165, 1.54) is 0 Å². The summed E-state index contributed by atoms with van der Waals surface area (Å²) in [6.07, 6.45) is -0.183. The Morgan fingerprint density at radius 1 is 1.25 bits per heavy atom. The molecule has 0 aromatic heterocycles. The van der Waals surface area contributed by atoms with E-state index in [4.69, 9.17) is 4.74 Å². The first-order valence-electron chi connectivity index (χ1n) is 5.68. The monoisotopic (exact) mass is 245 g/mol. The predicted molar refractivity (Wildman–Crippen MR) is 68.6 cm³/mol. The first-order valence-corrected chi connectivity index (χ1v) is 6.84. The third kappa shape index (κ3) is 3.58. The number of hydrogen-bond acceptors (Lipinski definition) is 3. The molecule has 0 saturated carbocycles. The highest BCUT2D eigenvalue weighted by Gasteiger charge is 2.39. The molecule has 1 heterocycles. The Kier molecular flexibility index (Phi) is 3.83.